The van der Waals surface area contributed by atoms with Crippen molar-refractivity contribution in [1.82, 2.24) is 10.2 Å². The Hall–Kier alpha value is -0.860. The maximum atomic E-state index is 3.60. The summed E-state index contributed by atoms with van der Waals surface area (Å²) in [6, 6.07) is 12.3. The third-order valence-corrected chi connectivity index (χ3v) is 3.83. The molecule has 0 radical (unpaired) electrons. The molecule has 0 aliphatic heterocycles. The summed E-state index contributed by atoms with van der Waals surface area (Å²) in [6.07, 6.45) is 4.02. The zero-order chi connectivity index (χ0) is 12.8. The molecule has 1 aliphatic rings. The Balaban J connectivity index is 1.75. The molecule has 1 aliphatic carbocycles. The maximum Gasteiger partial charge on any atom is 0.0236 e. The van der Waals surface area contributed by atoms with Crippen LogP contribution in [-0.4, -0.2) is 30.1 Å². The van der Waals surface area contributed by atoms with E-state index in [0.29, 0.717) is 6.04 Å². The first-order chi connectivity index (χ1) is 8.79. The van der Waals surface area contributed by atoms with Crippen LogP contribution >= 0.6 is 0 Å². The predicted octanol–water partition coefficient (Wildman–Crippen LogP) is 3.04. The van der Waals surface area contributed by atoms with Crippen molar-refractivity contribution in [3.8, 4) is 0 Å². The minimum Gasteiger partial charge on any atom is -0.314 e. The van der Waals surface area contributed by atoms with Gasteiger partial charge in [0.25, 0.3) is 0 Å². The molecule has 1 N–H and O–H groups in total. The van der Waals surface area contributed by atoms with Gasteiger partial charge in [0, 0.05) is 18.6 Å². The van der Waals surface area contributed by atoms with Crippen LogP contribution in [0.3, 0.4) is 0 Å². The lowest BCUT2D eigenvalue weighted by Gasteiger charge is -2.28. The highest BCUT2D eigenvalue weighted by atomic mass is 15.1. The Labute approximate surface area is 111 Å². The standard InChI is InChI=1S/C16H26N2/c1-3-18(13-15-7-5-4-6-8-15)14(2)11-12-17-16-9-10-16/h4-8,14,16-17H,3,9-13H2,1-2H3. The fraction of sp³-hybridized carbons (Fsp3) is 0.625. The zero-order valence-electron chi connectivity index (χ0n) is 11.7. The molecule has 0 spiro atoms. The summed E-state index contributed by atoms with van der Waals surface area (Å²) >= 11 is 0. The lowest BCUT2D eigenvalue weighted by molar-refractivity contribution is 0.200. The molecule has 1 unspecified atom stereocenters. The van der Waals surface area contributed by atoms with E-state index in [1.54, 1.807) is 0 Å². The van der Waals surface area contributed by atoms with Crippen LogP contribution in [-0.2, 0) is 6.54 Å². The van der Waals surface area contributed by atoms with Crippen molar-refractivity contribution in [1.29, 1.82) is 0 Å². The van der Waals surface area contributed by atoms with Crippen molar-refractivity contribution in [3.63, 3.8) is 0 Å². The Morgan fingerprint density at radius 3 is 2.61 bits per heavy atom. The van der Waals surface area contributed by atoms with Gasteiger partial charge in [-0.1, -0.05) is 37.3 Å². The van der Waals surface area contributed by atoms with E-state index in [9.17, 15) is 0 Å². The second-order valence-corrected chi connectivity index (χ2v) is 5.41. The van der Waals surface area contributed by atoms with E-state index in [2.05, 4.69) is 54.4 Å². The first-order valence-corrected chi connectivity index (χ1v) is 7.31. The van der Waals surface area contributed by atoms with Gasteiger partial charge in [-0.05, 0) is 44.8 Å². The monoisotopic (exact) mass is 246 g/mol. The van der Waals surface area contributed by atoms with Crippen LogP contribution in [0.4, 0.5) is 0 Å². The van der Waals surface area contributed by atoms with Crippen LogP contribution in [0.5, 0.6) is 0 Å². The van der Waals surface area contributed by atoms with E-state index in [0.717, 1.165) is 25.7 Å². The topological polar surface area (TPSA) is 15.3 Å². The van der Waals surface area contributed by atoms with Gasteiger partial charge in [0.15, 0.2) is 0 Å². The van der Waals surface area contributed by atoms with Crippen molar-refractivity contribution in [3.05, 3.63) is 35.9 Å². The van der Waals surface area contributed by atoms with Gasteiger partial charge < -0.3 is 5.32 Å². The number of hydrogen-bond acceptors (Lipinski definition) is 2. The summed E-state index contributed by atoms with van der Waals surface area (Å²) in [6.45, 7) is 7.97. The van der Waals surface area contributed by atoms with Gasteiger partial charge in [0.1, 0.15) is 0 Å². The van der Waals surface area contributed by atoms with Gasteiger partial charge in [-0.2, -0.15) is 0 Å². The lowest BCUT2D eigenvalue weighted by atomic mass is 10.1. The molecule has 0 bridgehead atoms. The third-order valence-electron chi connectivity index (χ3n) is 3.83. The average molecular weight is 246 g/mol. The van der Waals surface area contributed by atoms with E-state index in [4.69, 9.17) is 0 Å². The highest BCUT2D eigenvalue weighted by Gasteiger charge is 2.20. The molecule has 1 fully saturated rings. The largest absolute Gasteiger partial charge is 0.314 e. The fourth-order valence-electron chi connectivity index (χ4n) is 2.36. The van der Waals surface area contributed by atoms with Crippen LogP contribution in [0.15, 0.2) is 30.3 Å². The quantitative estimate of drug-likeness (QED) is 0.758. The Kier molecular flexibility index (Phi) is 5.21. The van der Waals surface area contributed by atoms with Gasteiger partial charge in [0.05, 0.1) is 0 Å². The maximum absolute atomic E-state index is 3.60. The molecule has 18 heavy (non-hydrogen) atoms. The summed E-state index contributed by atoms with van der Waals surface area (Å²) in [7, 11) is 0. The molecule has 2 nitrogen and oxygen atoms in total. The Morgan fingerprint density at radius 1 is 1.28 bits per heavy atom. The van der Waals surface area contributed by atoms with E-state index < -0.39 is 0 Å². The molecule has 0 saturated heterocycles. The van der Waals surface area contributed by atoms with Gasteiger partial charge in [-0.15, -0.1) is 0 Å². The van der Waals surface area contributed by atoms with E-state index in [1.807, 2.05) is 0 Å². The van der Waals surface area contributed by atoms with Crippen LogP contribution < -0.4 is 5.32 Å². The van der Waals surface area contributed by atoms with Gasteiger partial charge in [-0.3, -0.25) is 4.90 Å². The van der Waals surface area contributed by atoms with Crippen molar-refractivity contribution in [2.45, 2.75) is 51.7 Å². The molecule has 1 aromatic rings. The average Bonchev–Trinajstić information content (AvgIpc) is 3.21. The summed E-state index contributed by atoms with van der Waals surface area (Å²) in [5.41, 5.74) is 1.42. The fourth-order valence-corrected chi connectivity index (χ4v) is 2.36. The highest BCUT2D eigenvalue weighted by Crippen LogP contribution is 2.18. The van der Waals surface area contributed by atoms with Gasteiger partial charge in [0.2, 0.25) is 0 Å². The molecule has 0 amide bonds. The van der Waals surface area contributed by atoms with Crippen molar-refractivity contribution >= 4 is 0 Å². The van der Waals surface area contributed by atoms with E-state index in [-0.39, 0.29) is 0 Å². The van der Waals surface area contributed by atoms with Gasteiger partial charge >= 0.3 is 0 Å². The Bertz CT molecular complexity index is 332. The first-order valence-electron chi connectivity index (χ1n) is 7.31. The molecule has 1 atom stereocenters. The molecule has 1 aromatic carbocycles. The smallest absolute Gasteiger partial charge is 0.0236 e. The zero-order valence-corrected chi connectivity index (χ0v) is 11.7. The number of nitrogens with one attached hydrogen (secondary N) is 1. The third kappa shape index (κ3) is 4.43. The normalized spacial score (nSPS) is 17.1. The SMILES string of the molecule is CCN(Cc1ccccc1)C(C)CCNC1CC1. The molecule has 2 heteroatoms. The first kappa shape index (κ1) is 13.6. The van der Waals surface area contributed by atoms with Crippen LogP contribution in [0.1, 0.15) is 38.7 Å². The summed E-state index contributed by atoms with van der Waals surface area (Å²) < 4.78 is 0. The predicted molar refractivity (Wildman–Crippen MR) is 77.6 cm³/mol. The molecular weight excluding hydrogens is 220 g/mol. The Morgan fingerprint density at radius 2 is 2.00 bits per heavy atom. The molecular formula is C16H26N2. The lowest BCUT2D eigenvalue weighted by Crippen LogP contribution is -2.35. The second-order valence-electron chi connectivity index (χ2n) is 5.41. The van der Waals surface area contributed by atoms with Crippen molar-refractivity contribution < 1.29 is 0 Å². The summed E-state index contributed by atoms with van der Waals surface area (Å²) in [5, 5.41) is 3.60. The number of hydrogen-bond donors (Lipinski definition) is 1. The minimum absolute atomic E-state index is 0.654. The van der Waals surface area contributed by atoms with Crippen molar-refractivity contribution in [2.75, 3.05) is 13.1 Å². The minimum atomic E-state index is 0.654. The summed E-state index contributed by atoms with van der Waals surface area (Å²) in [5.74, 6) is 0. The second kappa shape index (κ2) is 6.91. The summed E-state index contributed by atoms with van der Waals surface area (Å²) in [4.78, 5) is 2.56. The van der Waals surface area contributed by atoms with E-state index in [1.165, 1.54) is 24.8 Å². The molecule has 0 heterocycles. The van der Waals surface area contributed by atoms with Crippen LogP contribution in [0, 0.1) is 0 Å². The van der Waals surface area contributed by atoms with Crippen LogP contribution in [0.2, 0.25) is 0 Å². The molecule has 100 valence electrons. The highest BCUT2D eigenvalue weighted by molar-refractivity contribution is 5.14. The number of nitrogens with zero attached hydrogens (tertiary/aromatic N) is 1. The van der Waals surface area contributed by atoms with Crippen LogP contribution in [0.25, 0.3) is 0 Å². The van der Waals surface area contributed by atoms with Gasteiger partial charge in [-0.25, -0.2) is 0 Å². The number of benzene rings is 1. The molecule has 2 rings (SSSR count). The number of rotatable bonds is 8. The van der Waals surface area contributed by atoms with Crippen molar-refractivity contribution in [2.24, 2.45) is 0 Å². The van der Waals surface area contributed by atoms with E-state index >= 15 is 0 Å². The molecule has 0 aromatic heterocycles. The molecule has 1 saturated carbocycles.